The number of hydrogen-bond acceptors (Lipinski definition) is 2. The van der Waals surface area contributed by atoms with E-state index in [1.54, 1.807) is 7.11 Å². The van der Waals surface area contributed by atoms with E-state index >= 15 is 0 Å². The molecule has 0 heterocycles. The van der Waals surface area contributed by atoms with Crippen LogP contribution in [0.1, 0.15) is 22.6 Å². The summed E-state index contributed by atoms with van der Waals surface area (Å²) in [6.07, 6.45) is 0.753. The highest BCUT2D eigenvalue weighted by molar-refractivity contribution is 9.10. The predicted octanol–water partition coefficient (Wildman–Crippen LogP) is 4.08. The third-order valence-electron chi connectivity index (χ3n) is 3.44. The number of ether oxygens (including phenoxy) is 1. The molecule has 0 fully saturated rings. The fourth-order valence-electron chi connectivity index (χ4n) is 2.38. The highest BCUT2D eigenvalue weighted by atomic mass is 79.9. The van der Waals surface area contributed by atoms with Gasteiger partial charge in [-0.3, -0.25) is 0 Å². The Kier molecular flexibility index (Phi) is 5.21. The van der Waals surface area contributed by atoms with Crippen LogP contribution >= 0.6 is 15.9 Å². The highest BCUT2D eigenvalue weighted by Gasteiger charge is 2.14. The third kappa shape index (κ3) is 3.62. The van der Waals surface area contributed by atoms with Crippen molar-refractivity contribution in [3.05, 3.63) is 63.6 Å². The van der Waals surface area contributed by atoms with Gasteiger partial charge in [0.05, 0.1) is 13.7 Å². The van der Waals surface area contributed by atoms with Crippen molar-refractivity contribution in [3.8, 4) is 5.75 Å². The number of methoxy groups -OCH3 is 1. The summed E-state index contributed by atoms with van der Waals surface area (Å²) in [5.74, 6) is 0.942. The van der Waals surface area contributed by atoms with E-state index in [4.69, 9.17) is 4.74 Å². The van der Waals surface area contributed by atoms with Crippen molar-refractivity contribution in [3.63, 3.8) is 0 Å². The topological polar surface area (TPSA) is 29.5 Å². The molecule has 0 aliphatic carbocycles. The molecule has 106 valence electrons. The number of benzene rings is 2. The number of aliphatic hydroxyl groups is 1. The summed E-state index contributed by atoms with van der Waals surface area (Å²) in [5.41, 5.74) is 3.47. The molecule has 1 N–H and O–H groups in total. The number of rotatable bonds is 5. The van der Waals surface area contributed by atoms with Crippen LogP contribution in [0.2, 0.25) is 0 Å². The Hall–Kier alpha value is -1.32. The quantitative estimate of drug-likeness (QED) is 0.892. The van der Waals surface area contributed by atoms with Gasteiger partial charge < -0.3 is 9.84 Å². The van der Waals surface area contributed by atoms with E-state index in [1.165, 1.54) is 5.56 Å². The lowest BCUT2D eigenvalue weighted by molar-refractivity contribution is 0.263. The van der Waals surface area contributed by atoms with Crippen molar-refractivity contribution in [2.45, 2.75) is 19.3 Å². The Morgan fingerprint density at radius 2 is 2.00 bits per heavy atom. The minimum Gasteiger partial charge on any atom is -0.496 e. The molecule has 0 amide bonds. The second kappa shape index (κ2) is 6.91. The normalized spacial score (nSPS) is 12.2. The Bertz CT molecular complexity index is 581. The molecule has 0 aliphatic heterocycles. The van der Waals surface area contributed by atoms with Gasteiger partial charge in [-0.2, -0.15) is 0 Å². The number of hydrogen-bond donors (Lipinski definition) is 1. The first kappa shape index (κ1) is 15.1. The van der Waals surface area contributed by atoms with Crippen LogP contribution in [0.4, 0.5) is 0 Å². The van der Waals surface area contributed by atoms with Gasteiger partial charge in [-0.1, -0.05) is 45.8 Å². The molecule has 0 radical (unpaired) electrons. The van der Waals surface area contributed by atoms with Crippen LogP contribution in [0.25, 0.3) is 0 Å². The van der Waals surface area contributed by atoms with Crippen molar-refractivity contribution < 1.29 is 9.84 Å². The molecule has 2 aromatic rings. The van der Waals surface area contributed by atoms with E-state index < -0.39 is 0 Å². The first-order valence-corrected chi connectivity index (χ1v) is 7.43. The zero-order valence-electron chi connectivity index (χ0n) is 11.8. The van der Waals surface area contributed by atoms with Gasteiger partial charge >= 0.3 is 0 Å². The summed E-state index contributed by atoms with van der Waals surface area (Å²) in [4.78, 5) is 0. The summed E-state index contributed by atoms with van der Waals surface area (Å²) in [5, 5.41) is 9.71. The average molecular weight is 335 g/mol. The fourth-order valence-corrected chi connectivity index (χ4v) is 2.79. The van der Waals surface area contributed by atoms with Gasteiger partial charge in [0.15, 0.2) is 0 Å². The minimum atomic E-state index is 0.0816. The van der Waals surface area contributed by atoms with Gasteiger partial charge in [0.1, 0.15) is 5.75 Å². The molecular weight excluding hydrogens is 316 g/mol. The van der Waals surface area contributed by atoms with Gasteiger partial charge in [0, 0.05) is 10.4 Å². The largest absolute Gasteiger partial charge is 0.496 e. The summed E-state index contributed by atoms with van der Waals surface area (Å²) in [7, 11) is 1.67. The predicted molar refractivity (Wildman–Crippen MR) is 85.4 cm³/mol. The Labute approximate surface area is 128 Å². The van der Waals surface area contributed by atoms with E-state index in [-0.39, 0.29) is 12.5 Å². The lowest BCUT2D eigenvalue weighted by Crippen LogP contribution is -2.09. The third-order valence-corrected chi connectivity index (χ3v) is 3.94. The molecule has 3 heteroatoms. The molecule has 2 nitrogen and oxygen atoms in total. The number of halogens is 1. The van der Waals surface area contributed by atoms with Crippen LogP contribution in [0.15, 0.2) is 46.9 Å². The fraction of sp³-hybridized carbons (Fsp3) is 0.294. The van der Waals surface area contributed by atoms with Crippen molar-refractivity contribution in [1.82, 2.24) is 0 Å². The second-order valence-electron chi connectivity index (χ2n) is 4.95. The van der Waals surface area contributed by atoms with E-state index in [9.17, 15) is 5.11 Å². The van der Waals surface area contributed by atoms with Gasteiger partial charge in [-0.25, -0.2) is 0 Å². The molecule has 2 aromatic carbocycles. The van der Waals surface area contributed by atoms with Crippen LogP contribution in [0.5, 0.6) is 5.75 Å². The maximum absolute atomic E-state index is 9.71. The molecule has 2 rings (SSSR count). The van der Waals surface area contributed by atoms with Crippen molar-refractivity contribution in [2.75, 3.05) is 13.7 Å². The standard InChI is InChI=1S/C17H19BrO2/c1-12-4-3-5-13(8-12)15(11-19)9-14-10-16(18)6-7-17(14)20-2/h3-8,10,15,19H,9,11H2,1-2H3. The second-order valence-corrected chi connectivity index (χ2v) is 5.87. The minimum absolute atomic E-state index is 0.0816. The van der Waals surface area contributed by atoms with Crippen LogP contribution in [-0.4, -0.2) is 18.8 Å². The van der Waals surface area contributed by atoms with Gasteiger partial charge in [-0.15, -0.1) is 0 Å². The molecule has 1 unspecified atom stereocenters. The van der Waals surface area contributed by atoms with Gasteiger partial charge in [0.2, 0.25) is 0 Å². The molecule has 0 saturated carbocycles. The van der Waals surface area contributed by atoms with E-state index in [0.29, 0.717) is 0 Å². The van der Waals surface area contributed by atoms with E-state index in [1.807, 2.05) is 18.2 Å². The monoisotopic (exact) mass is 334 g/mol. The molecular formula is C17H19BrO2. The summed E-state index contributed by atoms with van der Waals surface area (Å²) >= 11 is 3.49. The maximum Gasteiger partial charge on any atom is 0.122 e. The lowest BCUT2D eigenvalue weighted by Gasteiger charge is -2.17. The molecule has 0 aromatic heterocycles. The maximum atomic E-state index is 9.71. The lowest BCUT2D eigenvalue weighted by atomic mass is 9.91. The zero-order valence-corrected chi connectivity index (χ0v) is 13.4. The number of aliphatic hydroxyl groups excluding tert-OH is 1. The van der Waals surface area contributed by atoms with Crippen LogP contribution in [-0.2, 0) is 6.42 Å². The van der Waals surface area contributed by atoms with Gasteiger partial charge in [0.25, 0.3) is 0 Å². The van der Waals surface area contributed by atoms with Gasteiger partial charge in [-0.05, 0) is 42.7 Å². The average Bonchev–Trinajstić information content (AvgIpc) is 2.45. The number of aryl methyl sites for hydroxylation is 1. The molecule has 0 bridgehead atoms. The van der Waals surface area contributed by atoms with E-state index in [2.05, 4.69) is 47.1 Å². The van der Waals surface area contributed by atoms with Crippen LogP contribution < -0.4 is 4.74 Å². The van der Waals surface area contributed by atoms with Crippen molar-refractivity contribution in [2.24, 2.45) is 0 Å². The van der Waals surface area contributed by atoms with Crippen molar-refractivity contribution >= 4 is 15.9 Å². The Morgan fingerprint density at radius 1 is 1.20 bits per heavy atom. The van der Waals surface area contributed by atoms with Crippen LogP contribution in [0, 0.1) is 6.92 Å². The molecule has 1 atom stereocenters. The molecule has 20 heavy (non-hydrogen) atoms. The SMILES string of the molecule is COc1ccc(Br)cc1CC(CO)c1cccc(C)c1. The van der Waals surface area contributed by atoms with E-state index in [0.717, 1.165) is 27.8 Å². The Morgan fingerprint density at radius 3 is 2.65 bits per heavy atom. The summed E-state index contributed by atoms with van der Waals surface area (Å²) in [6, 6.07) is 14.3. The first-order valence-electron chi connectivity index (χ1n) is 6.64. The zero-order chi connectivity index (χ0) is 14.5. The smallest absolute Gasteiger partial charge is 0.122 e. The highest BCUT2D eigenvalue weighted by Crippen LogP contribution is 2.29. The summed E-state index contributed by atoms with van der Waals surface area (Å²) in [6.45, 7) is 2.19. The summed E-state index contributed by atoms with van der Waals surface area (Å²) < 4.78 is 6.43. The molecule has 0 saturated heterocycles. The van der Waals surface area contributed by atoms with Crippen LogP contribution in [0.3, 0.4) is 0 Å². The molecule has 0 aliphatic rings. The first-order chi connectivity index (χ1) is 9.63. The Balaban J connectivity index is 2.28. The van der Waals surface area contributed by atoms with Crippen molar-refractivity contribution in [1.29, 1.82) is 0 Å². The molecule has 0 spiro atoms.